The molecule has 0 saturated carbocycles. The maximum atomic E-state index is 12.0. The molecule has 2 N–H and O–H groups in total. The van der Waals surface area contributed by atoms with Crippen molar-refractivity contribution in [1.82, 2.24) is 14.5 Å². The first-order valence-corrected chi connectivity index (χ1v) is 11.4. The van der Waals surface area contributed by atoms with E-state index < -0.39 is 15.9 Å². The largest absolute Gasteiger partial charge is 0.497 e. The van der Waals surface area contributed by atoms with E-state index in [9.17, 15) is 18.0 Å². The van der Waals surface area contributed by atoms with Crippen molar-refractivity contribution in [2.24, 2.45) is 0 Å². The fourth-order valence-electron chi connectivity index (χ4n) is 1.80. The second kappa shape index (κ2) is 9.82. The van der Waals surface area contributed by atoms with E-state index >= 15 is 0 Å². The zero-order valence-electron chi connectivity index (χ0n) is 15.3. The lowest BCUT2D eigenvalue weighted by molar-refractivity contribution is -0.116. The Labute approximate surface area is 170 Å². The molecule has 28 heavy (non-hydrogen) atoms. The van der Waals surface area contributed by atoms with Crippen LogP contribution < -0.4 is 15.4 Å². The van der Waals surface area contributed by atoms with Gasteiger partial charge in [-0.2, -0.15) is 4.31 Å². The van der Waals surface area contributed by atoms with Gasteiger partial charge in [-0.3, -0.25) is 14.9 Å². The molecule has 2 amide bonds. The summed E-state index contributed by atoms with van der Waals surface area (Å²) < 4.78 is 29.1. The lowest BCUT2D eigenvalue weighted by Gasteiger charge is -2.12. The Kier molecular flexibility index (Phi) is 7.74. The van der Waals surface area contributed by atoms with Crippen molar-refractivity contribution in [3.05, 3.63) is 24.3 Å². The molecule has 152 valence electrons. The van der Waals surface area contributed by atoms with Gasteiger partial charge < -0.3 is 10.1 Å². The molecule has 1 heterocycles. The van der Waals surface area contributed by atoms with E-state index in [1.165, 1.54) is 18.8 Å². The Morgan fingerprint density at radius 1 is 1.18 bits per heavy atom. The SMILES string of the molecule is COc1ccc(NC(=O)CSc2nnc(NC(=O)CN(C)S(C)(=O)=O)s2)cc1. The van der Waals surface area contributed by atoms with Crippen LogP contribution in [0.15, 0.2) is 28.6 Å². The average Bonchev–Trinajstić information content (AvgIpc) is 3.07. The van der Waals surface area contributed by atoms with Gasteiger partial charge in [0, 0.05) is 12.7 Å². The van der Waals surface area contributed by atoms with Crippen molar-refractivity contribution in [3.63, 3.8) is 0 Å². The molecule has 0 atom stereocenters. The maximum Gasteiger partial charge on any atom is 0.241 e. The van der Waals surface area contributed by atoms with Crippen LogP contribution in [0.25, 0.3) is 0 Å². The number of nitrogens with zero attached hydrogens (tertiary/aromatic N) is 3. The molecule has 0 unspecified atom stereocenters. The molecule has 0 aliphatic rings. The number of ether oxygens (including phenoxy) is 1. The fourth-order valence-corrected chi connectivity index (χ4v) is 3.72. The van der Waals surface area contributed by atoms with Crippen molar-refractivity contribution >= 4 is 55.8 Å². The number of aromatic nitrogens is 2. The third-order valence-corrected chi connectivity index (χ3v) is 6.52. The number of benzene rings is 1. The summed E-state index contributed by atoms with van der Waals surface area (Å²) in [5.41, 5.74) is 0.645. The van der Waals surface area contributed by atoms with Gasteiger partial charge in [-0.15, -0.1) is 10.2 Å². The van der Waals surface area contributed by atoms with Gasteiger partial charge >= 0.3 is 0 Å². The molecule has 0 aliphatic heterocycles. The summed E-state index contributed by atoms with van der Waals surface area (Å²) >= 11 is 2.27. The highest BCUT2D eigenvalue weighted by Crippen LogP contribution is 2.25. The summed E-state index contributed by atoms with van der Waals surface area (Å²) in [7, 11) is -0.583. The molecule has 0 fully saturated rings. The first-order chi connectivity index (χ1) is 13.2. The van der Waals surface area contributed by atoms with Crippen molar-refractivity contribution in [2.75, 3.05) is 43.3 Å². The van der Waals surface area contributed by atoms with Crippen LogP contribution in [-0.2, 0) is 19.6 Å². The minimum Gasteiger partial charge on any atom is -0.497 e. The van der Waals surface area contributed by atoms with E-state index in [1.807, 2.05) is 0 Å². The van der Waals surface area contributed by atoms with Crippen LogP contribution in [0.4, 0.5) is 10.8 Å². The van der Waals surface area contributed by atoms with Crippen LogP contribution >= 0.6 is 23.1 Å². The molecule has 1 aromatic heterocycles. The Balaban J connectivity index is 1.80. The summed E-state index contributed by atoms with van der Waals surface area (Å²) in [6.45, 7) is -0.328. The van der Waals surface area contributed by atoms with Gasteiger partial charge in [0.2, 0.25) is 27.0 Å². The number of anilines is 2. The van der Waals surface area contributed by atoms with Crippen LogP contribution in [-0.4, -0.2) is 67.4 Å². The predicted molar refractivity (Wildman–Crippen MR) is 108 cm³/mol. The van der Waals surface area contributed by atoms with Crippen LogP contribution in [0.3, 0.4) is 0 Å². The smallest absolute Gasteiger partial charge is 0.241 e. The van der Waals surface area contributed by atoms with E-state index in [2.05, 4.69) is 20.8 Å². The summed E-state index contributed by atoms with van der Waals surface area (Å²) in [5, 5.41) is 13.1. The van der Waals surface area contributed by atoms with Gasteiger partial charge in [0.15, 0.2) is 4.34 Å². The second-order valence-electron chi connectivity index (χ2n) is 5.51. The molecule has 10 nitrogen and oxygen atoms in total. The van der Waals surface area contributed by atoms with Crippen molar-refractivity contribution < 1.29 is 22.7 Å². The highest BCUT2D eigenvalue weighted by Gasteiger charge is 2.17. The topological polar surface area (TPSA) is 131 Å². The quantitative estimate of drug-likeness (QED) is 0.433. The number of hydrogen-bond donors (Lipinski definition) is 2. The first kappa shape index (κ1) is 22.1. The number of amides is 2. The Hall–Kier alpha value is -2.22. The molecule has 2 aromatic rings. The van der Waals surface area contributed by atoms with E-state index in [0.29, 0.717) is 15.8 Å². The van der Waals surface area contributed by atoms with E-state index in [-0.39, 0.29) is 23.3 Å². The summed E-state index contributed by atoms with van der Waals surface area (Å²) in [5.74, 6) is 0.0629. The van der Waals surface area contributed by atoms with Crippen LogP contribution in [0.5, 0.6) is 5.75 Å². The average molecular weight is 446 g/mol. The number of thioether (sulfide) groups is 1. The Bertz CT molecular complexity index is 930. The van der Waals surface area contributed by atoms with E-state index in [1.54, 1.807) is 31.4 Å². The molecular formula is C15H19N5O5S3. The lowest BCUT2D eigenvalue weighted by Crippen LogP contribution is -2.34. The normalized spacial score (nSPS) is 11.3. The number of hydrogen-bond acceptors (Lipinski definition) is 9. The van der Waals surface area contributed by atoms with Gasteiger partial charge in [-0.1, -0.05) is 23.1 Å². The zero-order chi connectivity index (χ0) is 20.7. The molecule has 0 radical (unpaired) electrons. The van der Waals surface area contributed by atoms with Crippen LogP contribution in [0, 0.1) is 0 Å². The van der Waals surface area contributed by atoms with Crippen molar-refractivity contribution in [1.29, 1.82) is 0 Å². The molecule has 0 saturated heterocycles. The highest BCUT2D eigenvalue weighted by molar-refractivity contribution is 8.01. The fraction of sp³-hybridized carbons (Fsp3) is 0.333. The predicted octanol–water partition coefficient (Wildman–Crippen LogP) is 1.11. The Morgan fingerprint density at radius 3 is 2.46 bits per heavy atom. The van der Waals surface area contributed by atoms with E-state index in [4.69, 9.17) is 4.74 Å². The number of nitrogens with one attached hydrogen (secondary N) is 2. The monoisotopic (exact) mass is 445 g/mol. The van der Waals surface area contributed by atoms with Crippen LogP contribution in [0.1, 0.15) is 0 Å². The molecular weight excluding hydrogens is 426 g/mol. The molecule has 13 heteroatoms. The number of carbonyl (C=O) groups is 2. The first-order valence-electron chi connectivity index (χ1n) is 7.78. The van der Waals surface area contributed by atoms with E-state index in [0.717, 1.165) is 21.9 Å². The summed E-state index contributed by atoms with van der Waals surface area (Å²) in [4.78, 5) is 23.8. The number of methoxy groups -OCH3 is 1. The molecule has 0 spiro atoms. The van der Waals surface area contributed by atoms with Crippen molar-refractivity contribution in [2.45, 2.75) is 4.34 Å². The highest BCUT2D eigenvalue weighted by atomic mass is 32.2. The minimum absolute atomic E-state index is 0.116. The third kappa shape index (κ3) is 7.07. The summed E-state index contributed by atoms with van der Waals surface area (Å²) in [6, 6.07) is 6.94. The minimum atomic E-state index is -3.45. The zero-order valence-corrected chi connectivity index (χ0v) is 17.8. The molecule has 1 aromatic carbocycles. The Morgan fingerprint density at radius 2 is 1.86 bits per heavy atom. The molecule has 0 aliphatic carbocycles. The van der Waals surface area contributed by atoms with Gasteiger partial charge in [0.25, 0.3) is 0 Å². The van der Waals surface area contributed by atoms with Crippen molar-refractivity contribution in [3.8, 4) is 5.75 Å². The summed E-state index contributed by atoms with van der Waals surface area (Å²) in [6.07, 6.45) is 1.01. The maximum absolute atomic E-state index is 12.0. The number of sulfonamides is 1. The van der Waals surface area contributed by atoms with Gasteiger partial charge in [-0.25, -0.2) is 8.42 Å². The second-order valence-corrected chi connectivity index (χ2v) is 9.80. The third-order valence-electron chi connectivity index (χ3n) is 3.29. The van der Waals surface area contributed by atoms with Gasteiger partial charge in [-0.05, 0) is 24.3 Å². The van der Waals surface area contributed by atoms with Gasteiger partial charge in [0.05, 0.1) is 25.7 Å². The number of carbonyl (C=O) groups excluding carboxylic acids is 2. The van der Waals surface area contributed by atoms with Crippen LogP contribution in [0.2, 0.25) is 0 Å². The lowest BCUT2D eigenvalue weighted by atomic mass is 10.3. The number of likely N-dealkylation sites (N-methyl/N-ethyl adjacent to an activating group) is 1. The molecule has 0 bridgehead atoms. The standard InChI is InChI=1S/C15H19N5O5S3/c1-20(28(3,23)24)8-12(21)17-14-18-19-15(27-14)26-9-13(22)16-10-4-6-11(25-2)7-5-10/h4-7H,8-9H2,1-3H3,(H,16,22)(H,17,18,21). The molecule has 2 rings (SSSR count). The number of rotatable bonds is 9. The van der Waals surface area contributed by atoms with Gasteiger partial charge in [0.1, 0.15) is 5.75 Å².